The van der Waals surface area contributed by atoms with Gasteiger partial charge in [-0.25, -0.2) is 29.9 Å². The van der Waals surface area contributed by atoms with Gasteiger partial charge in [0.1, 0.15) is 23.2 Å². The summed E-state index contributed by atoms with van der Waals surface area (Å²) < 4.78 is 4.00. The van der Waals surface area contributed by atoms with Crippen LogP contribution < -0.4 is 11.1 Å². The number of hydrogen-bond donors (Lipinski definition) is 2. The second-order valence-electron chi connectivity index (χ2n) is 10.9. The van der Waals surface area contributed by atoms with Crippen LogP contribution in [0, 0.1) is 11.3 Å². The van der Waals surface area contributed by atoms with E-state index in [0.29, 0.717) is 23.5 Å². The van der Waals surface area contributed by atoms with Crippen molar-refractivity contribution in [3.05, 3.63) is 90.9 Å². The van der Waals surface area contributed by atoms with E-state index in [1.807, 2.05) is 58.8 Å². The molecule has 0 aliphatic carbocycles. The third-order valence-electron chi connectivity index (χ3n) is 7.96. The zero-order valence-electron chi connectivity index (χ0n) is 24.2. The summed E-state index contributed by atoms with van der Waals surface area (Å²) in [5.41, 5.74) is 12.5. The number of nitrogens with one attached hydrogen (secondary N) is 1. The summed E-state index contributed by atoms with van der Waals surface area (Å²) in [5.74, 6) is 1.98. The van der Waals surface area contributed by atoms with Crippen LogP contribution in [0.25, 0.3) is 39.6 Å². The number of anilines is 2. The highest BCUT2D eigenvalue weighted by molar-refractivity contribution is 5.84. The van der Waals surface area contributed by atoms with Crippen molar-refractivity contribution in [3.63, 3.8) is 0 Å². The van der Waals surface area contributed by atoms with Gasteiger partial charge in [-0.05, 0) is 60.9 Å². The third-order valence-corrected chi connectivity index (χ3v) is 7.96. The van der Waals surface area contributed by atoms with Crippen molar-refractivity contribution in [2.45, 2.75) is 25.4 Å². The summed E-state index contributed by atoms with van der Waals surface area (Å²) in [6, 6.07) is 20.4. The predicted molar refractivity (Wildman–Crippen MR) is 167 cm³/mol. The van der Waals surface area contributed by atoms with Crippen LogP contribution in [0.15, 0.2) is 79.5 Å². The zero-order valence-corrected chi connectivity index (χ0v) is 24.2. The first kappa shape index (κ1) is 27.2. The van der Waals surface area contributed by atoms with Crippen LogP contribution in [-0.2, 0) is 13.6 Å². The minimum atomic E-state index is 0.181. The molecule has 12 heteroatoms. The molecular weight excluding hydrogens is 552 g/mol. The van der Waals surface area contributed by atoms with Crippen LogP contribution >= 0.6 is 0 Å². The van der Waals surface area contributed by atoms with Crippen LogP contribution in [0.5, 0.6) is 0 Å². The number of nitrogens with two attached hydrogens (primary N) is 1. The maximum absolute atomic E-state index is 9.07. The van der Waals surface area contributed by atoms with E-state index < -0.39 is 0 Å². The Balaban J connectivity index is 1.13. The van der Waals surface area contributed by atoms with Gasteiger partial charge >= 0.3 is 0 Å². The lowest BCUT2D eigenvalue weighted by molar-refractivity contribution is 0.211. The number of pyridine rings is 2. The van der Waals surface area contributed by atoms with E-state index in [0.717, 1.165) is 66.3 Å². The highest BCUT2D eigenvalue weighted by Gasteiger charge is 2.21. The number of rotatable bonds is 7. The Bertz CT molecular complexity index is 1980. The molecule has 1 aromatic carbocycles. The van der Waals surface area contributed by atoms with E-state index in [4.69, 9.17) is 21.0 Å². The van der Waals surface area contributed by atoms with E-state index in [1.165, 1.54) is 5.56 Å². The summed E-state index contributed by atoms with van der Waals surface area (Å²) in [5, 5.41) is 12.5. The molecule has 0 unspecified atom stereocenters. The molecule has 0 saturated carbocycles. The molecule has 0 atom stereocenters. The minimum Gasteiger partial charge on any atom is -0.383 e. The smallest absolute Gasteiger partial charge is 0.234 e. The Morgan fingerprint density at radius 1 is 0.977 bits per heavy atom. The highest BCUT2D eigenvalue weighted by Crippen LogP contribution is 2.32. The molecule has 5 aromatic heterocycles. The molecule has 1 fully saturated rings. The van der Waals surface area contributed by atoms with E-state index >= 15 is 0 Å². The monoisotopic (exact) mass is 582 g/mol. The van der Waals surface area contributed by atoms with Crippen LogP contribution in [0.3, 0.4) is 0 Å². The third kappa shape index (κ3) is 5.32. The van der Waals surface area contributed by atoms with Crippen LogP contribution in [-0.4, -0.2) is 63.1 Å². The number of piperidine rings is 1. The number of nitrogens with zero attached hydrogens (tertiary/aromatic N) is 10. The second-order valence-corrected chi connectivity index (χ2v) is 10.9. The molecular formula is C32H30N12. The molecule has 0 spiro atoms. The van der Waals surface area contributed by atoms with Crippen molar-refractivity contribution in [1.82, 2.24) is 43.9 Å². The molecule has 0 bridgehead atoms. The number of hydrogen-bond acceptors (Lipinski definition) is 10. The highest BCUT2D eigenvalue weighted by atomic mass is 15.2. The van der Waals surface area contributed by atoms with E-state index in [9.17, 15) is 0 Å². The number of likely N-dealkylation sites (tertiary alicyclic amines) is 1. The topological polar surface area (TPSA) is 152 Å². The van der Waals surface area contributed by atoms with Gasteiger partial charge in [0.2, 0.25) is 5.82 Å². The summed E-state index contributed by atoms with van der Waals surface area (Å²) in [4.78, 5) is 29.2. The maximum Gasteiger partial charge on any atom is 0.234 e. The van der Waals surface area contributed by atoms with Crippen LogP contribution in [0.4, 0.5) is 11.6 Å². The van der Waals surface area contributed by atoms with Crippen molar-refractivity contribution in [2.24, 2.45) is 7.05 Å². The fourth-order valence-corrected chi connectivity index (χ4v) is 5.68. The fraction of sp³-hybridized carbons (Fsp3) is 0.219. The lowest BCUT2D eigenvalue weighted by atomic mass is 10.0. The summed E-state index contributed by atoms with van der Waals surface area (Å²) in [6.07, 6.45) is 8.85. The standard InChI is InChI=1S/C32H30N12/c1-42-20-35-18-27(42)25-8-9-26-32(39-25)44(31(40-26)24-3-2-13-37-30(24)34)23-6-4-21(5-7-23)19-43-15-11-22(12-16-43)38-28-10-14-36-29(17-33)41-28/h2-10,13-14,18,20,22H,11-12,15-16,19H2,1H3,(H2,34,37)(H,36,38,41). The van der Waals surface area contributed by atoms with Crippen molar-refractivity contribution in [3.8, 4) is 34.5 Å². The van der Waals surface area contributed by atoms with Gasteiger partial charge < -0.3 is 15.6 Å². The van der Waals surface area contributed by atoms with Gasteiger partial charge in [0.25, 0.3) is 0 Å². The number of aromatic nitrogens is 8. The maximum atomic E-state index is 9.07. The molecule has 1 saturated heterocycles. The molecule has 0 radical (unpaired) electrons. The Labute approximate surface area is 253 Å². The van der Waals surface area contributed by atoms with Gasteiger partial charge in [-0.3, -0.25) is 9.47 Å². The predicted octanol–water partition coefficient (Wildman–Crippen LogP) is 4.20. The van der Waals surface area contributed by atoms with Gasteiger partial charge in [0.15, 0.2) is 11.5 Å². The van der Waals surface area contributed by atoms with Gasteiger partial charge in [-0.2, -0.15) is 5.26 Å². The van der Waals surface area contributed by atoms with E-state index in [2.05, 4.69) is 54.4 Å². The minimum absolute atomic E-state index is 0.181. The summed E-state index contributed by atoms with van der Waals surface area (Å²) in [6.45, 7) is 2.79. The summed E-state index contributed by atoms with van der Waals surface area (Å²) in [7, 11) is 1.95. The fourth-order valence-electron chi connectivity index (χ4n) is 5.68. The van der Waals surface area contributed by atoms with Gasteiger partial charge in [0, 0.05) is 50.8 Å². The molecule has 44 heavy (non-hydrogen) atoms. The quantitative estimate of drug-likeness (QED) is 0.280. The normalized spacial score (nSPS) is 14.1. The number of aryl methyl sites for hydroxylation is 1. The van der Waals surface area contributed by atoms with Crippen LogP contribution in [0.2, 0.25) is 0 Å². The molecule has 12 nitrogen and oxygen atoms in total. The molecule has 7 rings (SSSR count). The number of nitrogen functional groups attached to an aromatic ring is 1. The molecule has 218 valence electrons. The Morgan fingerprint density at radius 3 is 2.57 bits per heavy atom. The lowest BCUT2D eigenvalue weighted by Gasteiger charge is -2.32. The van der Waals surface area contributed by atoms with Crippen molar-refractivity contribution in [2.75, 3.05) is 24.1 Å². The number of benzene rings is 1. The lowest BCUT2D eigenvalue weighted by Crippen LogP contribution is -2.38. The van der Waals surface area contributed by atoms with Gasteiger partial charge in [-0.1, -0.05) is 12.1 Å². The summed E-state index contributed by atoms with van der Waals surface area (Å²) >= 11 is 0. The largest absolute Gasteiger partial charge is 0.383 e. The van der Waals surface area contributed by atoms with Crippen molar-refractivity contribution >= 4 is 22.8 Å². The van der Waals surface area contributed by atoms with Gasteiger partial charge in [0.05, 0.1) is 29.5 Å². The number of nitriles is 1. The average Bonchev–Trinajstić information content (AvgIpc) is 3.65. The first-order valence-electron chi connectivity index (χ1n) is 14.4. The first-order valence-corrected chi connectivity index (χ1v) is 14.4. The zero-order chi connectivity index (χ0) is 30.0. The van der Waals surface area contributed by atoms with E-state index in [-0.39, 0.29) is 5.82 Å². The van der Waals surface area contributed by atoms with Crippen LogP contribution in [0.1, 0.15) is 24.2 Å². The van der Waals surface area contributed by atoms with Crippen molar-refractivity contribution < 1.29 is 0 Å². The average molecular weight is 583 g/mol. The van der Waals surface area contributed by atoms with Crippen molar-refractivity contribution in [1.29, 1.82) is 5.26 Å². The first-order chi connectivity index (χ1) is 21.6. The van der Waals surface area contributed by atoms with E-state index in [1.54, 1.807) is 18.7 Å². The molecule has 1 aliphatic heterocycles. The Hall–Kier alpha value is -5.67. The Morgan fingerprint density at radius 2 is 1.82 bits per heavy atom. The molecule has 6 heterocycles. The molecule has 6 aromatic rings. The molecule has 0 amide bonds. The number of imidazole rings is 2. The SMILES string of the molecule is Cn1cncc1-c1ccc2nc(-c3cccnc3N)n(-c3ccc(CN4CCC(Nc5ccnc(C#N)n5)CC4)cc3)c2n1. The van der Waals surface area contributed by atoms with Gasteiger partial charge in [-0.15, -0.1) is 0 Å². The number of fused-ring (bicyclic) bond motifs is 1. The molecule has 3 N–H and O–H groups in total. The second kappa shape index (κ2) is 11.5. The molecule has 1 aliphatic rings. The Kier molecular flexibility index (Phi) is 7.13.